The standard InChI is InChI=1S/C13H12ClNO3/c1-3-8-9-6-7(18-2)4-5-10(9)15-12(14)11(8)13(16)17/h4-6H,3H2,1-2H3,(H,16,17). The summed E-state index contributed by atoms with van der Waals surface area (Å²) in [6.07, 6.45) is 0.563. The van der Waals surface area contributed by atoms with E-state index in [0.717, 1.165) is 5.39 Å². The van der Waals surface area contributed by atoms with E-state index in [9.17, 15) is 9.90 Å². The highest BCUT2D eigenvalue weighted by molar-refractivity contribution is 6.33. The number of halogens is 1. The van der Waals surface area contributed by atoms with Crippen molar-refractivity contribution >= 4 is 28.5 Å². The van der Waals surface area contributed by atoms with E-state index in [-0.39, 0.29) is 10.7 Å². The smallest absolute Gasteiger partial charge is 0.339 e. The van der Waals surface area contributed by atoms with Gasteiger partial charge in [0.2, 0.25) is 0 Å². The first-order valence-corrected chi connectivity index (χ1v) is 5.85. The van der Waals surface area contributed by atoms with Crippen LogP contribution in [0.4, 0.5) is 0 Å². The summed E-state index contributed by atoms with van der Waals surface area (Å²) in [5.74, 6) is -0.397. The maximum Gasteiger partial charge on any atom is 0.339 e. The summed E-state index contributed by atoms with van der Waals surface area (Å²) in [7, 11) is 1.56. The van der Waals surface area contributed by atoms with Crippen LogP contribution in [0.5, 0.6) is 5.75 Å². The molecule has 0 aliphatic carbocycles. The molecule has 2 aromatic rings. The van der Waals surface area contributed by atoms with Crippen LogP contribution in [0.15, 0.2) is 18.2 Å². The van der Waals surface area contributed by atoms with E-state index in [1.54, 1.807) is 25.3 Å². The monoisotopic (exact) mass is 265 g/mol. The van der Waals surface area contributed by atoms with Gasteiger partial charge in [0.05, 0.1) is 12.6 Å². The highest BCUT2D eigenvalue weighted by atomic mass is 35.5. The SMILES string of the molecule is CCc1c(C(=O)O)c(Cl)nc2ccc(OC)cc12. The number of pyridine rings is 1. The Morgan fingerprint density at radius 3 is 2.78 bits per heavy atom. The van der Waals surface area contributed by atoms with Gasteiger partial charge in [-0.3, -0.25) is 0 Å². The Kier molecular flexibility index (Phi) is 3.39. The fourth-order valence-electron chi connectivity index (χ4n) is 1.99. The Labute approximate surface area is 109 Å². The van der Waals surface area contributed by atoms with E-state index in [0.29, 0.717) is 23.3 Å². The van der Waals surface area contributed by atoms with Crippen LogP contribution < -0.4 is 4.74 Å². The van der Waals surface area contributed by atoms with Crippen molar-refractivity contribution < 1.29 is 14.6 Å². The van der Waals surface area contributed by atoms with E-state index in [1.165, 1.54) is 0 Å². The van der Waals surface area contributed by atoms with Gasteiger partial charge in [0.25, 0.3) is 0 Å². The molecule has 94 valence electrons. The number of ether oxygens (including phenoxy) is 1. The van der Waals surface area contributed by atoms with Crippen LogP contribution in [0.1, 0.15) is 22.8 Å². The minimum atomic E-state index is -1.06. The third-order valence-corrected chi connectivity index (χ3v) is 3.10. The quantitative estimate of drug-likeness (QED) is 0.866. The van der Waals surface area contributed by atoms with Crippen LogP contribution in [-0.2, 0) is 6.42 Å². The summed E-state index contributed by atoms with van der Waals surface area (Å²) in [6.45, 7) is 1.89. The molecular formula is C13H12ClNO3. The molecule has 0 aliphatic rings. The summed E-state index contributed by atoms with van der Waals surface area (Å²) < 4.78 is 5.14. The van der Waals surface area contributed by atoms with E-state index < -0.39 is 5.97 Å². The van der Waals surface area contributed by atoms with Gasteiger partial charge in [0, 0.05) is 5.39 Å². The fourth-order valence-corrected chi connectivity index (χ4v) is 2.27. The van der Waals surface area contributed by atoms with Crippen molar-refractivity contribution in [1.82, 2.24) is 4.98 Å². The molecule has 0 bridgehead atoms. The lowest BCUT2D eigenvalue weighted by molar-refractivity contribution is 0.0695. The molecule has 5 heteroatoms. The van der Waals surface area contributed by atoms with Gasteiger partial charge in [0.1, 0.15) is 16.5 Å². The molecule has 0 saturated heterocycles. The average Bonchev–Trinajstić information content (AvgIpc) is 2.36. The highest BCUT2D eigenvalue weighted by Gasteiger charge is 2.18. The third-order valence-electron chi connectivity index (χ3n) is 2.82. The van der Waals surface area contributed by atoms with Gasteiger partial charge in [-0.1, -0.05) is 18.5 Å². The van der Waals surface area contributed by atoms with Crippen LogP contribution in [0.2, 0.25) is 5.15 Å². The zero-order chi connectivity index (χ0) is 13.3. The van der Waals surface area contributed by atoms with Crippen LogP contribution in [-0.4, -0.2) is 23.2 Å². The first-order valence-electron chi connectivity index (χ1n) is 5.47. The molecule has 0 aliphatic heterocycles. The summed E-state index contributed by atoms with van der Waals surface area (Å²) in [5.41, 5.74) is 1.42. The average molecular weight is 266 g/mol. The Bertz CT molecular complexity index is 625. The predicted molar refractivity (Wildman–Crippen MR) is 69.6 cm³/mol. The Morgan fingerprint density at radius 2 is 2.22 bits per heavy atom. The van der Waals surface area contributed by atoms with Gasteiger partial charge in [-0.2, -0.15) is 0 Å². The van der Waals surface area contributed by atoms with Crippen molar-refractivity contribution in [3.05, 3.63) is 34.5 Å². The van der Waals surface area contributed by atoms with Crippen molar-refractivity contribution in [2.24, 2.45) is 0 Å². The second kappa shape index (κ2) is 4.82. The molecule has 2 rings (SSSR count). The first-order chi connectivity index (χ1) is 8.58. The minimum absolute atomic E-state index is 0.0250. The predicted octanol–water partition coefficient (Wildman–Crippen LogP) is 3.16. The summed E-state index contributed by atoms with van der Waals surface area (Å²) in [6, 6.07) is 5.32. The molecule has 0 atom stereocenters. The lowest BCUT2D eigenvalue weighted by Crippen LogP contribution is -2.05. The number of fused-ring (bicyclic) bond motifs is 1. The third kappa shape index (κ3) is 1.99. The summed E-state index contributed by atoms with van der Waals surface area (Å²) in [5, 5.41) is 10.00. The van der Waals surface area contributed by atoms with E-state index in [1.807, 2.05) is 6.92 Å². The van der Waals surface area contributed by atoms with E-state index >= 15 is 0 Å². The van der Waals surface area contributed by atoms with Gasteiger partial charge in [-0.05, 0) is 30.2 Å². The van der Waals surface area contributed by atoms with Crippen molar-refractivity contribution in [3.8, 4) is 5.75 Å². The van der Waals surface area contributed by atoms with Crippen LogP contribution in [0.3, 0.4) is 0 Å². The molecule has 0 radical (unpaired) electrons. The minimum Gasteiger partial charge on any atom is -0.497 e. The zero-order valence-electron chi connectivity index (χ0n) is 10.0. The maximum absolute atomic E-state index is 11.2. The van der Waals surface area contributed by atoms with Crippen molar-refractivity contribution in [2.45, 2.75) is 13.3 Å². The molecular weight excluding hydrogens is 254 g/mol. The number of aromatic carboxylic acids is 1. The second-order valence-electron chi connectivity index (χ2n) is 3.80. The zero-order valence-corrected chi connectivity index (χ0v) is 10.8. The number of methoxy groups -OCH3 is 1. The number of aryl methyl sites for hydroxylation is 1. The molecule has 1 aromatic heterocycles. The van der Waals surface area contributed by atoms with Gasteiger partial charge >= 0.3 is 5.97 Å². The number of aromatic nitrogens is 1. The molecule has 4 nitrogen and oxygen atoms in total. The largest absolute Gasteiger partial charge is 0.497 e. The topological polar surface area (TPSA) is 59.4 Å². The van der Waals surface area contributed by atoms with E-state index in [2.05, 4.69) is 4.98 Å². The van der Waals surface area contributed by atoms with Crippen molar-refractivity contribution in [2.75, 3.05) is 7.11 Å². The normalized spacial score (nSPS) is 10.6. The number of carboxylic acid groups (broad SMARTS) is 1. The number of carboxylic acids is 1. The number of benzene rings is 1. The molecule has 0 amide bonds. The summed E-state index contributed by atoms with van der Waals surface area (Å²) >= 11 is 5.93. The van der Waals surface area contributed by atoms with Crippen LogP contribution >= 0.6 is 11.6 Å². The Balaban J connectivity index is 2.86. The fraction of sp³-hybridized carbons (Fsp3) is 0.231. The molecule has 1 heterocycles. The Hall–Kier alpha value is -1.81. The van der Waals surface area contributed by atoms with Gasteiger partial charge in [-0.25, -0.2) is 9.78 Å². The molecule has 0 fully saturated rings. The van der Waals surface area contributed by atoms with E-state index in [4.69, 9.17) is 16.3 Å². The molecule has 1 aromatic carbocycles. The number of hydrogen-bond acceptors (Lipinski definition) is 3. The number of nitrogens with zero attached hydrogens (tertiary/aromatic N) is 1. The lowest BCUT2D eigenvalue weighted by atomic mass is 10.0. The highest BCUT2D eigenvalue weighted by Crippen LogP contribution is 2.29. The van der Waals surface area contributed by atoms with Gasteiger partial charge < -0.3 is 9.84 Å². The second-order valence-corrected chi connectivity index (χ2v) is 4.16. The van der Waals surface area contributed by atoms with Crippen LogP contribution in [0, 0.1) is 0 Å². The first kappa shape index (κ1) is 12.6. The molecule has 0 spiro atoms. The number of hydrogen-bond donors (Lipinski definition) is 1. The van der Waals surface area contributed by atoms with Gasteiger partial charge in [-0.15, -0.1) is 0 Å². The molecule has 1 N–H and O–H groups in total. The number of rotatable bonds is 3. The maximum atomic E-state index is 11.2. The van der Waals surface area contributed by atoms with Crippen LogP contribution in [0.25, 0.3) is 10.9 Å². The van der Waals surface area contributed by atoms with Crippen molar-refractivity contribution in [1.29, 1.82) is 0 Å². The molecule has 0 unspecified atom stereocenters. The number of carbonyl (C=O) groups is 1. The Morgan fingerprint density at radius 1 is 1.50 bits per heavy atom. The van der Waals surface area contributed by atoms with Gasteiger partial charge in [0.15, 0.2) is 0 Å². The molecule has 18 heavy (non-hydrogen) atoms. The summed E-state index contributed by atoms with van der Waals surface area (Å²) in [4.78, 5) is 15.4. The molecule has 0 saturated carbocycles. The lowest BCUT2D eigenvalue weighted by Gasteiger charge is -2.11. The van der Waals surface area contributed by atoms with Crippen molar-refractivity contribution in [3.63, 3.8) is 0 Å².